The molecular formula is C22H27N3O4. The predicted octanol–water partition coefficient (Wildman–Crippen LogP) is 3.42. The van der Waals surface area contributed by atoms with Crippen molar-refractivity contribution in [3.8, 4) is 0 Å². The van der Waals surface area contributed by atoms with Crippen molar-refractivity contribution in [1.29, 1.82) is 0 Å². The molecule has 1 saturated heterocycles. The first-order valence-corrected chi connectivity index (χ1v) is 9.66. The first kappa shape index (κ1) is 20.7. The van der Waals surface area contributed by atoms with E-state index >= 15 is 0 Å². The SMILES string of the molecule is CC1(CN(Cc2ccccc2)Cc2ccccc2)CN(C(=O)O)CCN1C(=O)O. The molecule has 0 bridgehead atoms. The lowest BCUT2D eigenvalue weighted by Gasteiger charge is -2.48. The minimum Gasteiger partial charge on any atom is -0.465 e. The summed E-state index contributed by atoms with van der Waals surface area (Å²) in [6.07, 6.45) is -2.03. The average Bonchev–Trinajstić information content (AvgIpc) is 2.68. The molecule has 2 aromatic rings. The maximum Gasteiger partial charge on any atom is 0.407 e. The molecule has 0 aliphatic carbocycles. The van der Waals surface area contributed by atoms with Crippen LogP contribution in [-0.4, -0.2) is 68.8 Å². The molecule has 154 valence electrons. The van der Waals surface area contributed by atoms with E-state index in [0.29, 0.717) is 19.6 Å². The Hall–Kier alpha value is -3.06. The second-order valence-electron chi connectivity index (χ2n) is 7.75. The van der Waals surface area contributed by atoms with E-state index in [9.17, 15) is 19.8 Å². The number of rotatable bonds is 6. The Kier molecular flexibility index (Phi) is 6.39. The maximum atomic E-state index is 11.9. The van der Waals surface area contributed by atoms with Crippen LogP contribution in [0.2, 0.25) is 0 Å². The molecule has 7 heteroatoms. The number of hydrogen-bond donors (Lipinski definition) is 2. The zero-order valence-corrected chi connectivity index (χ0v) is 16.6. The number of benzene rings is 2. The molecule has 1 fully saturated rings. The molecular weight excluding hydrogens is 370 g/mol. The van der Waals surface area contributed by atoms with Crippen molar-refractivity contribution in [1.82, 2.24) is 14.7 Å². The Morgan fingerprint density at radius 3 is 1.86 bits per heavy atom. The van der Waals surface area contributed by atoms with Crippen molar-refractivity contribution in [2.24, 2.45) is 0 Å². The number of nitrogens with zero attached hydrogens (tertiary/aromatic N) is 3. The third-order valence-electron chi connectivity index (χ3n) is 5.34. The Bertz CT molecular complexity index is 789. The molecule has 0 spiro atoms. The molecule has 1 atom stereocenters. The van der Waals surface area contributed by atoms with Crippen molar-refractivity contribution in [2.75, 3.05) is 26.2 Å². The summed E-state index contributed by atoms with van der Waals surface area (Å²) in [6, 6.07) is 20.0. The van der Waals surface area contributed by atoms with Crippen LogP contribution >= 0.6 is 0 Å². The number of amides is 2. The molecule has 2 amide bonds. The number of carbonyl (C=O) groups is 2. The Morgan fingerprint density at radius 1 is 0.897 bits per heavy atom. The van der Waals surface area contributed by atoms with E-state index in [1.165, 1.54) is 9.80 Å². The number of hydrogen-bond acceptors (Lipinski definition) is 3. The zero-order valence-electron chi connectivity index (χ0n) is 16.6. The lowest BCUT2D eigenvalue weighted by Crippen LogP contribution is -2.66. The molecule has 1 aliphatic heterocycles. The van der Waals surface area contributed by atoms with Crippen LogP contribution in [0.5, 0.6) is 0 Å². The highest BCUT2D eigenvalue weighted by molar-refractivity contribution is 5.69. The molecule has 1 heterocycles. The van der Waals surface area contributed by atoms with E-state index in [0.717, 1.165) is 11.1 Å². The third-order valence-corrected chi connectivity index (χ3v) is 5.34. The summed E-state index contributed by atoms with van der Waals surface area (Å²) < 4.78 is 0. The highest BCUT2D eigenvalue weighted by Crippen LogP contribution is 2.25. The molecule has 1 aliphatic rings. The monoisotopic (exact) mass is 397 g/mol. The van der Waals surface area contributed by atoms with Crippen molar-refractivity contribution >= 4 is 12.2 Å². The molecule has 2 N–H and O–H groups in total. The molecule has 2 aromatic carbocycles. The lowest BCUT2D eigenvalue weighted by atomic mass is 9.95. The van der Waals surface area contributed by atoms with Crippen LogP contribution in [-0.2, 0) is 13.1 Å². The Labute approximate surface area is 170 Å². The van der Waals surface area contributed by atoms with Crippen molar-refractivity contribution in [3.05, 3.63) is 71.8 Å². The average molecular weight is 397 g/mol. The highest BCUT2D eigenvalue weighted by atomic mass is 16.4. The maximum absolute atomic E-state index is 11.9. The van der Waals surface area contributed by atoms with Crippen molar-refractivity contribution in [3.63, 3.8) is 0 Å². The van der Waals surface area contributed by atoms with E-state index in [4.69, 9.17) is 0 Å². The van der Waals surface area contributed by atoms with Gasteiger partial charge in [-0.05, 0) is 18.1 Å². The minimum absolute atomic E-state index is 0.148. The van der Waals surface area contributed by atoms with Crippen LogP contribution in [0.15, 0.2) is 60.7 Å². The van der Waals surface area contributed by atoms with Gasteiger partial charge >= 0.3 is 12.2 Å². The Balaban J connectivity index is 1.86. The van der Waals surface area contributed by atoms with Crippen molar-refractivity contribution < 1.29 is 19.8 Å². The smallest absolute Gasteiger partial charge is 0.407 e. The van der Waals surface area contributed by atoms with Gasteiger partial charge in [-0.1, -0.05) is 60.7 Å². The van der Waals surface area contributed by atoms with Crippen LogP contribution in [0, 0.1) is 0 Å². The van der Waals surface area contributed by atoms with Gasteiger partial charge in [0.05, 0.1) is 5.54 Å². The standard InChI is InChI=1S/C22H27N3O4/c1-22(17-24(20(26)27)12-13-25(22)21(28)29)16-23(14-18-8-4-2-5-9-18)15-19-10-6-3-7-11-19/h2-11H,12-17H2,1H3,(H,26,27)(H,28,29). The summed E-state index contributed by atoms with van der Waals surface area (Å²) in [7, 11) is 0. The fraction of sp³-hybridized carbons (Fsp3) is 0.364. The molecule has 1 unspecified atom stereocenters. The summed E-state index contributed by atoms with van der Waals surface area (Å²) in [5, 5.41) is 19.2. The number of piperazine rings is 1. The van der Waals surface area contributed by atoms with Gasteiger partial charge in [-0.2, -0.15) is 0 Å². The largest absolute Gasteiger partial charge is 0.465 e. The van der Waals surface area contributed by atoms with Crippen molar-refractivity contribution in [2.45, 2.75) is 25.6 Å². The van der Waals surface area contributed by atoms with Crippen LogP contribution in [0.1, 0.15) is 18.1 Å². The first-order chi connectivity index (χ1) is 13.9. The number of carboxylic acid groups (broad SMARTS) is 2. The zero-order chi connectivity index (χ0) is 20.9. The summed E-state index contributed by atoms with van der Waals surface area (Å²) >= 11 is 0. The van der Waals surface area contributed by atoms with E-state index in [1.807, 2.05) is 67.6 Å². The Morgan fingerprint density at radius 2 is 1.41 bits per heavy atom. The van der Waals surface area contributed by atoms with Gasteiger partial charge < -0.3 is 15.1 Å². The summed E-state index contributed by atoms with van der Waals surface area (Å²) in [4.78, 5) is 28.3. The predicted molar refractivity (Wildman–Crippen MR) is 110 cm³/mol. The fourth-order valence-corrected chi connectivity index (χ4v) is 4.02. The normalized spacial score (nSPS) is 19.4. The van der Waals surface area contributed by atoms with Gasteiger partial charge in [-0.3, -0.25) is 9.80 Å². The summed E-state index contributed by atoms with van der Waals surface area (Å²) in [6.45, 7) is 4.05. The van der Waals surface area contributed by atoms with Crippen LogP contribution < -0.4 is 0 Å². The van der Waals surface area contributed by atoms with Crippen LogP contribution in [0.3, 0.4) is 0 Å². The fourth-order valence-electron chi connectivity index (χ4n) is 4.02. The van der Waals surface area contributed by atoms with Gasteiger partial charge in [0.25, 0.3) is 0 Å². The molecule has 29 heavy (non-hydrogen) atoms. The van der Waals surface area contributed by atoms with Gasteiger partial charge in [0.15, 0.2) is 0 Å². The minimum atomic E-state index is -1.02. The van der Waals surface area contributed by atoms with Gasteiger partial charge in [-0.25, -0.2) is 9.59 Å². The molecule has 3 rings (SSSR count). The van der Waals surface area contributed by atoms with E-state index in [1.54, 1.807) is 0 Å². The van der Waals surface area contributed by atoms with Gasteiger partial charge in [-0.15, -0.1) is 0 Å². The quantitative estimate of drug-likeness (QED) is 0.780. The van der Waals surface area contributed by atoms with Gasteiger partial charge in [0.2, 0.25) is 0 Å². The topological polar surface area (TPSA) is 84.3 Å². The molecule has 0 radical (unpaired) electrons. The van der Waals surface area contributed by atoms with E-state index in [-0.39, 0.29) is 19.6 Å². The third kappa shape index (κ3) is 5.26. The highest BCUT2D eigenvalue weighted by Gasteiger charge is 2.43. The van der Waals surface area contributed by atoms with E-state index in [2.05, 4.69) is 4.90 Å². The van der Waals surface area contributed by atoms with Gasteiger partial charge in [0.1, 0.15) is 0 Å². The molecule has 0 saturated carbocycles. The van der Waals surface area contributed by atoms with Crippen LogP contribution in [0.25, 0.3) is 0 Å². The van der Waals surface area contributed by atoms with E-state index < -0.39 is 17.7 Å². The van der Waals surface area contributed by atoms with Gasteiger partial charge in [0, 0.05) is 39.3 Å². The first-order valence-electron chi connectivity index (χ1n) is 9.66. The summed E-state index contributed by atoms with van der Waals surface area (Å²) in [5.74, 6) is 0. The summed E-state index contributed by atoms with van der Waals surface area (Å²) in [5.41, 5.74) is 1.41. The second kappa shape index (κ2) is 8.96. The molecule has 0 aromatic heterocycles. The second-order valence-corrected chi connectivity index (χ2v) is 7.75. The van der Waals surface area contributed by atoms with Crippen LogP contribution in [0.4, 0.5) is 9.59 Å². The lowest BCUT2D eigenvalue weighted by molar-refractivity contribution is -0.00254. The molecule has 7 nitrogen and oxygen atoms in total.